The number of nitrogens with one attached hydrogen (secondary N) is 2. The van der Waals surface area contributed by atoms with E-state index in [1.165, 1.54) is 0 Å². The molecule has 33 heavy (non-hydrogen) atoms. The van der Waals surface area contributed by atoms with Gasteiger partial charge >= 0.3 is 0 Å². The summed E-state index contributed by atoms with van der Waals surface area (Å²) in [6, 6.07) is 15.4. The Bertz CT molecular complexity index is 925. The number of hydrogen-bond acceptors (Lipinski definition) is 3. The largest absolute Gasteiger partial charge is 0.356 e. The van der Waals surface area contributed by atoms with Gasteiger partial charge in [-0.2, -0.15) is 0 Å². The van der Waals surface area contributed by atoms with Gasteiger partial charge in [0.2, 0.25) is 0 Å². The number of rotatable bonds is 9. The van der Waals surface area contributed by atoms with E-state index in [-0.39, 0.29) is 35.8 Å². The van der Waals surface area contributed by atoms with Crippen molar-refractivity contribution in [3.05, 3.63) is 70.8 Å². The molecule has 2 amide bonds. The summed E-state index contributed by atoms with van der Waals surface area (Å²) >= 11 is 0. The molecular formula is C25H36IN5O2. The van der Waals surface area contributed by atoms with E-state index >= 15 is 0 Å². The third kappa shape index (κ3) is 8.68. The number of aliphatic imine (C=N–C) groups is 1. The van der Waals surface area contributed by atoms with E-state index < -0.39 is 0 Å². The molecule has 0 aliphatic rings. The Balaban J connectivity index is 0.00000544. The summed E-state index contributed by atoms with van der Waals surface area (Å²) in [6.07, 6.45) is 0.775. The Morgan fingerprint density at radius 2 is 1.55 bits per heavy atom. The second kappa shape index (κ2) is 14.5. The van der Waals surface area contributed by atoms with Gasteiger partial charge in [-0.25, -0.2) is 0 Å². The molecule has 0 heterocycles. The van der Waals surface area contributed by atoms with Crippen molar-refractivity contribution in [3.8, 4) is 0 Å². The molecule has 0 saturated carbocycles. The lowest BCUT2D eigenvalue weighted by Gasteiger charge is -2.18. The van der Waals surface area contributed by atoms with Gasteiger partial charge in [-0.15, -0.1) is 24.0 Å². The summed E-state index contributed by atoms with van der Waals surface area (Å²) in [5, 5.41) is 6.60. The number of carbonyl (C=O) groups is 2. The maximum Gasteiger partial charge on any atom is 0.253 e. The lowest BCUT2D eigenvalue weighted by Crippen LogP contribution is -2.37. The van der Waals surface area contributed by atoms with Crippen LogP contribution in [0.1, 0.15) is 45.7 Å². The van der Waals surface area contributed by atoms with Crippen molar-refractivity contribution in [2.24, 2.45) is 4.99 Å². The topological polar surface area (TPSA) is 77.0 Å². The van der Waals surface area contributed by atoms with Crippen LogP contribution in [0.5, 0.6) is 0 Å². The molecule has 0 aliphatic carbocycles. The van der Waals surface area contributed by atoms with E-state index in [1.807, 2.05) is 67.3 Å². The molecule has 0 aromatic heterocycles. The highest BCUT2D eigenvalue weighted by atomic mass is 127. The highest BCUT2D eigenvalue weighted by Crippen LogP contribution is 2.09. The molecule has 2 rings (SSSR count). The zero-order valence-electron chi connectivity index (χ0n) is 20.2. The van der Waals surface area contributed by atoms with Gasteiger partial charge < -0.3 is 20.4 Å². The van der Waals surface area contributed by atoms with Crippen LogP contribution in [-0.2, 0) is 13.0 Å². The molecule has 0 bridgehead atoms. The van der Waals surface area contributed by atoms with Crippen molar-refractivity contribution >= 4 is 41.8 Å². The Morgan fingerprint density at radius 3 is 2.12 bits per heavy atom. The number of carbonyl (C=O) groups excluding carboxylic acids is 2. The van der Waals surface area contributed by atoms with Gasteiger partial charge in [0.1, 0.15) is 0 Å². The summed E-state index contributed by atoms with van der Waals surface area (Å²) in [7, 11) is 5.24. The predicted molar refractivity (Wildman–Crippen MR) is 145 cm³/mol. The minimum atomic E-state index is 0. The van der Waals surface area contributed by atoms with Crippen LogP contribution in [0, 0.1) is 0 Å². The van der Waals surface area contributed by atoms with Gasteiger partial charge in [-0.3, -0.25) is 14.6 Å². The molecular weight excluding hydrogens is 529 g/mol. The number of nitrogens with zero attached hydrogens (tertiary/aromatic N) is 3. The van der Waals surface area contributed by atoms with Crippen LogP contribution in [0.15, 0.2) is 53.5 Å². The quantitative estimate of drug-likeness (QED) is 0.278. The van der Waals surface area contributed by atoms with E-state index in [0.717, 1.165) is 17.5 Å². The van der Waals surface area contributed by atoms with E-state index in [1.54, 1.807) is 26.0 Å². The number of guanidine groups is 1. The van der Waals surface area contributed by atoms with Crippen LogP contribution in [0.2, 0.25) is 0 Å². The van der Waals surface area contributed by atoms with Crippen LogP contribution in [0.25, 0.3) is 0 Å². The van der Waals surface area contributed by atoms with Crippen molar-refractivity contribution in [1.82, 2.24) is 20.4 Å². The van der Waals surface area contributed by atoms with E-state index in [2.05, 4.69) is 15.6 Å². The van der Waals surface area contributed by atoms with E-state index in [9.17, 15) is 9.59 Å². The predicted octanol–water partition coefficient (Wildman–Crippen LogP) is 3.40. The van der Waals surface area contributed by atoms with Crippen molar-refractivity contribution in [1.29, 1.82) is 0 Å². The highest BCUT2D eigenvalue weighted by molar-refractivity contribution is 14.0. The molecule has 2 aromatic rings. The Morgan fingerprint density at radius 1 is 0.879 bits per heavy atom. The van der Waals surface area contributed by atoms with Crippen molar-refractivity contribution < 1.29 is 9.59 Å². The first-order chi connectivity index (χ1) is 15.4. The molecule has 0 spiro atoms. The van der Waals surface area contributed by atoms with Crippen molar-refractivity contribution in [2.75, 3.05) is 40.8 Å². The summed E-state index contributed by atoms with van der Waals surface area (Å²) in [4.78, 5) is 32.2. The summed E-state index contributed by atoms with van der Waals surface area (Å²) in [5.74, 6) is 0.763. The second-order valence-electron chi connectivity index (χ2n) is 7.68. The first kappa shape index (κ1) is 28.4. The molecule has 2 aromatic carbocycles. The van der Waals surface area contributed by atoms with E-state index in [0.29, 0.717) is 43.3 Å². The highest BCUT2D eigenvalue weighted by Gasteiger charge is 2.12. The van der Waals surface area contributed by atoms with Gasteiger partial charge in [-0.05, 0) is 55.7 Å². The van der Waals surface area contributed by atoms with Gasteiger partial charge in [0.05, 0.1) is 0 Å². The molecule has 180 valence electrons. The zero-order chi connectivity index (χ0) is 23.5. The molecule has 0 aliphatic heterocycles. The molecule has 0 radical (unpaired) electrons. The monoisotopic (exact) mass is 565 g/mol. The fourth-order valence-corrected chi connectivity index (χ4v) is 3.31. The fraction of sp³-hybridized carbons (Fsp3) is 0.400. The molecule has 7 nitrogen and oxygen atoms in total. The minimum absolute atomic E-state index is 0. The van der Waals surface area contributed by atoms with Crippen LogP contribution < -0.4 is 10.6 Å². The molecule has 0 atom stereocenters. The summed E-state index contributed by atoms with van der Waals surface area (Å²) < 4.78 is 0. The number of halogens is 1. The van der Waals surface area contributed by atoms with Gasteiger partial charge in [0, 0.05) is 58.4 Å². The lowest BCUT2D eigenvalue weighted by atomic mass is 10.1. The van der Waals surface area contributed by atoms with Crippen LogP contribution in [0.4, 0.5) is 0 Å². The fourth-order valence-electron chi connectivity index (χ4n) is 3.31. The molecule has 0 fully saturated rings. The van der Waals surface area contributed by atoms with Crippen LogP contribution >= 0.6 is 24.0 Å². The normalized spacial score (nSPS) is 10.8. The van der Waals surface area contributed by atoms with E-state index in [4.69, 9.17) is 0 Å². The van der Waals surface area contributed by atoms with Crippen LogP contribution in [0.3, 0.4) is 0 Å². The minimum Gasteiger partial charge on any atom is -0.356 e. The standard InChI is InChI=1S/C25H35N5O2.HI/c1-6-30(7-2)24(32)21-13-11-20(12-14-21)18-28-25(26-3)27-16-15-19-9-8-10-22(17-19)23(31)29(4)5;/h8-14,17H,6-7,15-16,18H2,1-5H3,(H2,26,27,28);1H. The van der Waals surface area contributed by atoms with Gasteiger partial charge in [0.15, 0.2) is 5.96 Å². The first-order valence-corrected chi connectivity index (χ1v) is 11.0. The third-order valence-corrected chi connectivity index (χ3v) is 5.22. The smallest absolute Gasteiger partial charge is 0.253 e. The SMILES string of the molecule is CCN(CC)C(=O)c1ccc(CNC(=NC)NCCc2cccc(C(=O)N(C)C)c2)cc1.I. The zero-order valence-corrected chi connectivity index (χ0v) is 22.6. The Labute approximate surface area is 214 Å². The van der Waals surface area contributed by atoms with Crippen molar-refractivity contribution in [2.45, 2.75) is 26.8 Å². The number of amides is 2. The van der Waals surface area contributed by atoms with Crippen molar-refractivity contribution in [3.63, 3.8) is 0 Å². The summed E-state index contributed by atoms with van der Waals surface area (Å²) in [5.41, 5.74) is 3.56. The molecule has 8 heteroatoms. The average Bonchev–Trinajstić information content (AvgIpc) is 2.81. The number of benzene rings is 2. The second-order valence-corrected chi connectivity index (χ2v) is 7.68. The van der Waals surface area contributed by atoms with Crippen LogP contribution in [-0.4, -0.2) is 68.4 Å². The third-order valence-electron chi connectivity index (χ3n) is 5.22. The summed E-state index contributed by atoms with van der Waals surface area (Å²) in [6.45, 7) is 6.67. The van der Waals surface area contributed by atoms with Gasteiger partial charge in [0.25, 0.3) is 11.8 Å². The number of hydrogen-bond donors (Lipinski definition) is 2. The van der Waals surface area contributed by atoms with Gasteiger partial charge in [-0.1, -0.05) is 24.3 Å². The molecule has 2 N–H and O–H groups in total. The Hall–Kier alpha value is -2.62. The first-order valence-electron chi connectivity index (χ1n) is 11.0. The Kier molecular flexibility index (Phi) is 12.5. The average molecular weight is 566 g/mol. The maximum absolute atomic E-state index is 12.4. The molecule has 0 unspecified atom stereocenters. The molecule has 0 saturated heterocycles. The lowest BCUT2D eigenvalue weighted by molar-refractivity contribution is 0.0772. The maximum atomic E-state index is 12.4.